The Morgan fingerprint density at radius 2 is 0.653 bits per heavy atom. The van der Waals surface area contributed by atoms with Gasteiger partial charge in [0.15, 0.2) is 0 Å². The molecule has 0 N–H and O–H groups in total. The van der Waals surface area contributed by atoms with Gasteiger partial charge in [-0.15, -0.1) is 0 Å². The maximum atomic E-state index is 6.84. The van der Waals surface area contributed by atoms with Crippen molar-refractivity contribution in [3.63, 3.8) is 0 Å². The van der Waals surface area contributed by atoms with Crippen molar-refractivity contribution >= 4 is 32.3 Å². The maximum absolute atomic E-state index is 6.84. The minimum absolute atomic E-state index is 0.344. The van der Waals surface area contributed by atoms with Crippen LogP contribution in [0.4, 0.5) is 0 Å². The van der Waals surface area contributed by atoms with Crippen molar-refractivity contribution in [2.75, 3.05) is 0 Å². The van der Waals surface area contributed by atoms with Crippen LogP contribution in [0.1, 0.15) is 72.2 Å². The standard InChI is InChI=1S/C73H50O2/c1-71(2)59-34-11-13-36-62(59)74-64-38-18-28-51(69(64)71)45-24-15-26-49-55(45)42-56-46(52-29-19-39-65-70(52)72(3,4)60-35-12-14-37-63(60)75-65)25-16-27-50(56)66(49)53-30-17-31-54-67-44-21-6-5-20-43(44)40-41-61(67)73(68(53)54)57-32-9-7-22-47(57)48-23-8-10-33-58(48)73/h5-42H,1-4H3. The first kappa shape index (κ1) is 42.5. The van der Waals surface area contributed by atoms with Gasteiger partial charge >= 0.3 is 0 Å². The molecule has 0 saturated heterocycles. The zero-order chi connectivity index (χ0) is 50.0. The van der Waals surface area contributed by atoms with Crippen LogP contribution in [0.25, 0.3) is 88.0 Å². The largest absolute Gasteiger partial charge is 0.457 e. The van der Waals surface area contributed by atoms with Crippen molar-refractivity contribution in [2.45, 2.75) is 43.9 Å². The summed E-state index contributed by atoms with van der Waals surface area (Å²) in [6.45, 7) is 9.42. The lowest BCUT2D eigenvalue weighted by atomic mass is 9.68. The zero-order valence-electron chi connectivity index (χ0n) is 42.3. The molecule has 0 bridgehead atoms. The van der Waals surface area contributed by atoms with E-state index in [1.165, 1.54) is 132 Å². The van der Waals surface area contributed by atoms with Crippen LogP contribution in [0, 0.1) is 0 Å². The molecule has 0 aromatic heterocycles. The Hall–Kier alpha value is -8.98. The van der Waals surface area contributed by atoms with Crippen molar-refractivity contribution < 1.29 is 9.47 Å². The molecule has 0 amide bonds. The molecule has 4 aliphatic rings. The molecule has 12 aromatic rings. The molecule has 0 unspecified atom stereocenters. The van der Waals surface area contributed by atoms with Crippen LogP contribution >= 0.6 is 0 Å². The normalized spacial score (nSPS) is 15.2. The SMILES string of the molecule is CC1(C)c2ccccc2Oc2cccc(-c3cccc4c(-c5cccc6c5C5(c7ccccc7-c7ccccc75)c5ccc7ccccc7c5-6)c5cccc(-c6cccc7c6C(C)(C)c6ccccc6O7)c5cc34)c21. The number of ether oxygens (including phenoxy) is 2. The van der Waals surface area contributed by atoms with E-state index in [0.29, 0.717) is 0 Å². The molecule has 2 aliphatic heterocycles. The molecular weight excluding hydrogens is 909 g/mol. The van der Waals surface area contributed by atoms with E-state index in [1.54, 1.807) is 0 Å². The minimum atomic E-state index is -0.595. The summed E-state index contributed by atoms with van der Waals surface area (Å²) in [4.78, 5) is 0. The fraction of sp³-hybridized carbons (Fsp3) is 0.0959. The molecule has 354 valence electrons. The first-order valence-corrected chi connectivity index (χ1v) is 26.4. The van der Waals surface area contributed by atoms with Crippen LogP contribution in [0.5, 0.6) is 23.0 Å². The Balaban J connectivity index is 1.06. The van der Waals surface area contributed by atoms with Crippen molar-refractivity contribution in [3.8, 4) is 78.6 Å². The van der Waals surface area contributed by atoms with E-state index in [2.05, 4.69) is 258 Å². The Bertz CT molecular complexity index is 4280. The number of benzene rings is 12. The second-order valence-corrected chi connectivity index (χ2v) is 22.1. The van der Waals surface area contributed by atoms with Gasteiger partial charge in [0.25, 0.3) is 0 Å². The molecule has 75 heavy (non-hydrogen) atoms. The lowest BCUT2D eigenvalue weighted by Gasteiger charge is -2.36. The molecule has 2 nitrogen and oxygen atoms in total. The number of para-hydroxylation sites is 2. The Morgan fingerprint density at radius 3 is 1.23 bits per heavy atom. The van der Waals surface area contributed by atoms with E-state index in [9.17, 15) is 0 Å². The highest BCUT2D eigenvalue weighted by atomic mass is 16.5. The van der Waals surface area contributed by atoms with Gasteiger partial charge in [0, 0.05) is 33.1 Å². The first-order valence-electron chi connectivity index (χ1n) is 26.4. The van der Waals surface area contributed by atoms with Gasteiger partial charge in [0.05, 0.1) is 5.41 Å². The minimum Gasteiger partial charge on any atom is -0.457 e. The van der Waals surface area contributed by atoms with Crippen molar-refractivity contribution in [2.24, 2.45) is 0 Å². The summed E-state index contributed by atoms with van der Waals surface area (Å²) in [7, 11) is 0. The quantitative estimate of drug-likeness (QED) is 0.164. The summed E-state index contributed by atoms with van der Waals surface area (Å²) >= 11 is 0. The maximum Gasteiger partial charge on any atom is 0.132 e. The van der Waals surface area contributed by atoms with Crippen LogP contribution in [0.3, 0.4) is 0 Å². The molecule has 0 saturated carbocycles. The summed E-state index contributed by atoms with van der Waals surface area (Å²) < 4.78 is 13.7. The fourth-order valence-electron chi connectivity index (χ4n) is 14.7. The van der Waals surface area contributed by atoms with Gasteiger partial charge < -0.3 is 9.47 Å². The van der Waals surface area contributed by atoms with Gasteiger partial charge in [-0.1, -0.05) is 228 Å². The van der Waals surface area contributed by atoms with Crippen LogP contribution in [0.15, 0.2) is 231 Å². The molecule has 12 aromatic carbocycles. The molecule has 2 aliphatic carbocycles. The zero-order valence-corrected chi connectivity index (χ0v) is 42.3. The predicted molar refractivity (Wildman–Crippen MR) is 309 cm³/mol. The summed E-state index contributed by atoms with van der Waals surface area (Å²) in [5.74, 6) is 3.64. The molecule has 0 radical (unpaired) electrons. The lowest BCUT2D eigenvalue weighted by molar-refractivity contribution is 0.418. The number of hydrogen-bond acceptors (Lipinski definition) is 2. The van der Waals surface area contributed by atoms with Crippen LogP contribution < -0.4 is 9.47 Å². The molecule has 16 rings (SSSR count). The number of rotatable bonds is 3. The fourth-order valence-corrected chi connectivity index (χ4v) is 14.7. The highest BCUT2D eigenvalue weighted by molar-refractivity contribution is 6.21. The molecule has 0 fully saturated rings. The highest BCUT2D eigenvalue weighted by Gasteiger charge is 2.53. The summed E-state index contributed by atoms with van der Waals surface area (Å²) in [5, 5.41) is 7.33. The second kappa shape index (κ2) is 15.1. The van der Waals surface area contributed by atoms with E-state index >= 15 is 0 Å². The van der Waals surface area contributed by atoms with E-state index in [4.69, 9.17) is 9.47 Å². The monoisotopic (exact) mass is 958 g/mol. The van der Waals surface area contributed by atoms with Crippen molar-refractivity contribution in [1.82, 2.24) is 0 Å². The summed E-state index contributed by atoms with van der Waals surface area (Å²) in [6.07, 6.45) is 0. The van der Waals surface area contributed by atoms with Gasteiger partial charge in [-0.3, -0.25) is 0 Å². The van der Waals surface area contributed by atoms with Crippen LogP contribution in [-0.4, -0.2) is 0 Å². The molecule has 2 heteroatoms. The lowest BCUT2D eigenvalue weighted by Crippen LogP contribution is -2.26. The Morgan fingerprint density at radius 1 is 0.253 bits per heavy atom. The third-order valence-electron chi connectivity index (χ3n) is 17.7. The van der Waals surface area contributed by atoms with Gasteiger partial charge in [0.1, 0.15) is 23.0 Å². The molecule has 1 spiro atoms. The summed E-state index contributed by atoms with van der Waals surface area (Å²) in [5.41, 5.74) is 21.2. The van der Waals surface area contributed by atoms with Crippen molar-refractivity contribution in [1.29, 1.82) is 0 Å². The summed E-state index contributed by atoms with van der Waals surface area (Å²) in [6, 6.07) is 86.2. The van der Waals surface area contributed by atoms with Crippen molar-refractivity contribution in [3.05, 3.63) is 275 Å². The first-order chi connectivity index (χ1) is 36.7. The molecule has 2 heterocycles. The van der Waals surface area contributed by atoms with Gasteiger partial charge in [-0.2, -0.15) is 0 Å². The van der Waals surface area contributed by atoms with Gasteiger partial charge in [-0.25, -0.2) is 0 Å². The second-order valence-electron chi connectivity index (χ2n) is 22.1. The molecule has 0 atom stereocenters. The number of hydrogen-bond donors (Lipinski definition) is 0. The Labute approximate surface area is 437 Å². The van der Waals surface area contributed by atoms with E-state index in [0.717, 1.165) is 23.0 Å². The van der Waals surface area contributed by atoms with E-state index < -0.39 is 5.41 Å². The smallest absolute Gasteiger partial charge is 0.132 e. The van der Waals surface area contributed by atoms with Crippen LogP contribution in [-0.2, 0) is 16.2 Å². The third kappa shape index (κ3) is 5.48. The van der Waals surface area contributed by atoms with E-state index in [1.807, 2.05) is 0 Å². The molecular formula is C73H50O2. The predicted octanol–water partition coefficient (Wildman–Crippen LogP) is 19.4. The van der Waals surface area contributed by atoms with Crippen LogP contribution in [0.2, 0.25) is 0 Å². The number of fused-ring (bicyclic) bond motifs is 18. The van der Waals surface area contributed by atoms with Gasteiger partial charge in [0.2, 0.25) is 0 Å². The van der Waals surface area contributed by atoms with Gasteiger partial charge in [-0.05, 0) is 141 Å². The third-order valence-corrected chi connectivity index (χ3v) is 17.7. The Kier molecular flexibility index (Phi) is 8.54. The average molecular weight is 959 g/mol. The van der Waals surface area contributed by atoms with E-state index in [-0.39, 0.29) is 10.8 Å². The average Bonchev–Trinajstić information content (AvgIpc) is 4.02. The topological polar surface area (TPSA) is 18.5 Å². The highest BCUT2D eigenvalue weighted by Crippen LogP contribution is 2.66.